The number of allylic oxidation sites excluding steroid dienone is 7. The van der Waals surface area contributed by atoms with Crippen molar-refractivity contribution in [1.29, 1.82) is 0 Å². The second-order valence-corrected chi connectivity index (χ2v) is 4.28. The third kappa shape index (κ3) is 15.0. The van der Waals surface area contributed by atoms with Gasteiger partial charge in [-0.25, -0.2) is 0 Å². The quantitative estimate of drug-likeness (QED) is 0.233. The lowest BCUT2D eigenvalue weighted by Gasteiger charge is -1.95. The maximum Gasteiger partial charge on any atom is -0.0166 e. The molecule has 0 fully saturated rings. The van der Waals surface area contributed by atoms with Crippen LogP contribution in [0.4, 0.5) is 0 Å². The Morgan fingerprint density at radius 2 is 1.41 bits per heavy atom. The fourth-order valence-corrected chi connectivity index (χ4v) is 1.60. The molecule has 0 aliphatic heterocycles. The van der Waals surface area contributed by atoms with Crippen LogP contribution < -0.4 is 0 Å². The third-order valence-electron chi connectivity index (χ3n) is 2.62. The Morgan fingerprint density at radius 3 is 2.12 bits per heavy atom. The summed E-state index contributed by atoms with van der Waals surface area (Å²) in [5.41, 5.74) is 0. The molecule has 0 bridgehead atoms. The van der Waals surface area contributed by atoms with Crippen molar-refractivity contribution in [2.45, 2.75) is 58.3 Å². The number of hydrogen-bond donors (Lipinski definition) is 0. The fraction of sp³-hybridized carbons (Fsp3) is 0.529. The third-order valence-corrected chi connectivity index (χ3v) is 2.62. The van der Waals surface area contributed by atoms with Crippen LogP contribution in [0.3, 0.4) is 0 Å². The summed E-state index contributed by atoms with van der Waals surface area (Å²) < 4.78 is 0. The molecule has 0 atom stereocenters. The molecule has 0 aliphatic carbocycles. The van der Waals surface area contributed by atoms with Crippen LogP contribution in [-0.2, 0) is 0 Å². The summed E-state index contributed by atoms with van der Waals surface area (Å²) in [5, 5.41) is 0. The van der Waals surface area contributed by atoms with Gasteiger partial charge in [-0.2, -0.15) is 0 Å². The van der Waals surface area contributed by atoms with Gasteiger partial charge in [-0.3, -0.25) is 0 Å². The second-order valence-electron chi connectivity index (χ2n) is 4.28. The predicted molar refractivity (Wildman–Crippen MR) is 80.2 cm³/mol. The average Bonchev–Trinajstić information content (AvgIpc) is 2.35. The monoisotopic (exact) mass is 232 g/mol. The highest BCUT2D eigenvalue weighted by atomic mass is 13.9. The molecule has 0 heteroatoms. The van der Waals surface area contributed by atoms with Crippen LogP contribution in [0, 0.1) is 0 Å². The van der Waals surface area contributed by atoms with Gasteiger partial charge in [0.1, 0.15) is 0 Å². The minimum Gasteiger partial charge on any atom is -0.0991 e. The molecular formula is C17H28. The number of rotatable bonds is 11. The van der Waals surface area contributed by atoms with Crippen LogP contribution in [0.25, 0.3) is 0 Å². The standard InChI is InChI=1S/C17H28/c1-3-5-7-9-11-13-15-17-16-14-12-10-8-6-4-2/h3,5,7,11,13,16-17H,1,4,6,8-10,12,14-15H2,2H3/b7-5-,13-11-,17-16-. The number of unbranched alkanes of at least 4 members (excludes halogenated alkanes) is 5. The van der Waals surface area contributed by atoms with E-state index in [1.807, 2.05) is 12.2 Å². The Bertz CT molecular complexity index is 230. The second kappa shape index (κ2) is 15.0. The van der Waals surface area contributed by atoms with Gasteiger partial charge in [0.15, 0.2) is 0 Å². The van der Waals surface area contributed by atoms with E-state index in [0.29, 0.717) is 0 Å². The molecular weight excluding hydrogens is 204 g/mol. The summed E-state index contributed by atoms with van der Waals surface area (Å²) in [6.07, 6.45) is 25.1. The van der Waals surface area contributed by atoms with Gasteiger partial charge in [-0.1, -0.05) is 81.7 Å². The van der Waals surface area contributed by atoms with Crippen molar-refractivity contribution >= 4 is 0 Å². The van der Waals surface area contributed by atoms with E-state index in [4.69, 9.17) is 0 Å². The molecule has 0 aliphatic rings. The first-order valence-corrected chi connectivity index (χ1v) is 6.99. The lowest BCUT2D eigenvalue weighted by Crippen LogP contribution is -1.75. The molecule has 0 radical (unpaired) electrons. The summed E-state index contributed by atoms with van der Waals surface area (Å²) in [6.45, 7) is 5.89. The minimum absolute atomic E-state index is 1.01. The maximum atomic E-state index is 3.63. The highest BCUT2D eigenvalue weighted by Crippen LogP contribution is 2.05. The Kier molecular flexibility index (Phi) is 14.0. The smallest absolute Gasteiger partial charge is 0.0166 e. The summed E-state index contributed by atoms with van der Waals surface area (Å²) in [5.74, 6) is 0. The highest BCUT2D eigenvalue weighted by Gasteiger charge is 1.85. The maximum absolute atomic E-state index is 3.63. The van der Waals surface area contributed by atoms with E-state index >= 15 is 0 Å². The van der Waals surface area contributed by atoms with Gasteiger partial charge < -0.3 is 0 Å². The highest BCUT2D eigenvalue weighted by molar-refractivity contribution is 5.02. The van der Waals surface area contributed by atoms with Gasteiger partial charge >= 0.3 is 0 Å². The molecule has 0 saturated heterocycles. The Hall–Kier alpha value is -1.04. The molecule has 0 amide bonds. The molecule has 0 aromatic heterocycles. The predicted octanol–water partition coefficient (Wildman–Crippen LogP) is 5.98. The molecule has 0 aromatic rings. The van der Waals surface area contributed by atoms with E-state index in [2.05, 4.69) is 43.9 Å². The average molecular weight is 232 g/mol. The molecule has 0 N–H and O–H groups in total. The topological polar surface area (TPSA) is 0 Å². The first-order valence-electron chi connectivity index (χ1n) is 6.99. The van der Waals surface area contributed by atoms with Crippen LogP contribution in [-0.4, -0.2) is 0 Å². The van der Waals surface area contributed by atoms with Crippen LogP contribution in [0.2, 0.25) is 0 Å². The van der Waals surface area contributed by atoms with Crippen LogP contribution in [0.1, 0.15) is 58.3 Å². The SMILES string of the molecule is C=C/C=C\C/C=C\C/C=C\CCCCCCC. The van der Waals surface area contributed by atoms with E-state index < -0.39 is 0 Å². The van der Waals surface area contributed by atoms with Crippen LogP contribution >= 0.6 is 0 Å². The molecule has 0 nitrogen and oxygen atoms in total. The summed E-state index contributed by atoms with van der Waals surface area (Å²) in [4.78, 5) is 0. The molecule has 17 heavy (non-hydrogen) atoms. The van der Waals surface area contributed by atoms with Gasteiger partial charge in [0.25, 0.3) is 0 Å². The van der Waals surface area contributed by atoms with E-state index in [1.165, 1.54) is 38.5 Å². The molecule has 0 spiro atoms. The van der Waals surface area contributed by atoms with Crippen LogP contribution in [0.15, 0.2) is 49.1 Å². The zero-order valence-corrected chi connectivity index (χ0v) is 11.4. The molecule has 0 unspecified atom stereocenters. The lowest BCUT2D eigenvalue weighted by molar-refractivity contribution is 0.637. The fourth-order valence-electron chi connectivity index (χ4n) is 1.60. The molecule has 0 aromatic carbocycles. The minimum atomic E-state index is 1.01. The Morgan fingerprint density at radius 1 is 0.765 bits per heavy atom. The van der Waals surface area contributed by atoms with E-state index in [0.717, 1.165) is 12.8 Å². The van der Waals surface area contributed by atoms with E-state index in [-0.39, 0.29) is 0 Å². The molecule has 0 rings (SSSR count). The summed E-state index contributed by atoms with van der Waals surface area (Å²) in [6, 6.07) is 0. The van der Waals surface area contributed by atoms with Gasteiger partial charge in [0, 0.05) is 0 Å². The Balaban J connectivity index is 3.24. The lowest BCUT2D eigenvalue weighted by atomic mass is 10.1. The Labute approximate surface area is 108 Å². The van der Waals surface area contributed by atoms with Crippen LogP contribution in [0.5, 0.6) is 0 Å². The first-order chi connectivity index (χ1) is 8.41. The molecule has 0 heterocycles. The normalized spacial score (nSPS) is 12.1. The van der Waals surface area contributed by atoms with Gasteiger partial charge in [0.2, 0.25) is 0 Å². The van der Waals surface area contributed by atoms with Gasteiger partial charge in [-0.05, 0) is 25.7 Å². The van der Waals surface area contributed by atoms with Crippen molar-refractivity contribution < 1.29 is 0 Å². The summed E-state index contributed by atoms with van der Waals surface area (Å²) >= 11 is 0. The zero-order valence-electron chi connectivity index (χ0n) is 11.4. The summed E-state index contributed by atoms with van der Waals surface area (Å²) in [7, 11) is 0. The van der Waals surface area contributed by atoms with Crippen molar-refractivity contribution in [2.75, 3.05) is 0 Å². The number of hydrogen-bond acceptors (Lipinski definition) is 0. The van der Waals surface area contributed by atoms with Crippen molar-refractivity contribution in [3.63, 3.8) is 0 Å². The van der Waals surface area contributed by atoms with Crippen molar-refractivity contribution in [1.82, 2.24) is 0 Å². The van der Waals surface area contributed by atoms with Gasteiger partial charge in [0.05, 0.1) is 0 Å². The van der Waals surface area contributed by atoms with Crippen molar-refractivity contribution in [3.05, 3.63) is 49.1 Å². The largest absolute Gasteiger partial charge is 0.0991 e. The van der Waals surface area contributed by atoms with Gasteiger partial charge in [-0.15, -0.1) is 0 Å². The molecule has 0 saturated carbocycles. The van der Waals surface area contributed by atoms with Crippen molar-refractivity contribution in [2.24, 2.45) is 0 Å². The zero-order chi connectivity index (χ0) is 12.6. The van der Waals surface area contributed by atoms with E-state index in [9.17, 15) is 0 Å². The first kappa shape index (κ1) is 16.0. The van der Waals surface area contributed by atoms with Crippen molar-refractivity contribution in [3.8, 4) is 0 Å². The van der Waals surface area contributed by atoms with E-state index in [1.54, 1.807) is 0 Å². The molecule has 96 valence electrons.